The fraction of sp³-hybridized carbons (Fsp3) is 0.353. The molecule has 2 aromatic rings. The summed E-state index contributed by atoms with van der Waals surface area (Å²) < 4.78 is 13.3. The zero-order valence-electron chi connectivity index (χ0n) is 12.2. The second-order valence-corrected chi connectivity index (χ2v) is 5.50. The third-order valence-electron chi connectivity index (χ3n) is 3.47. The number of benzene rings is 1. The lowest BCUT2D eigenvalue weighted by atomic mass is 9.99. The van der Waals surface area contributed by atoms with Gasteiger partial charge in [-0.05, 0) is 61.2 Å². The largest absolute Gasteiger partial charge is 0.314 e. The van der Waals surface area contributed by atoms with E-state index in [4.69, 9.17) is 11.6 Å². The topological polar surface area (TPSA) is 24.9 Å². The number of aryl methyl sites for hydroxylation is 1. The van der Waals surface area contributed by atoms with Crippen LogP contribution in [0, 0.1) is 5.82 Å². The van der Waals surface area contributed by atoms with Crippen molar-refractivity contribution in [3.8, 4) is 0 Å². The Morgan fingerprint density at radius 1 is 1.33 bits per heavy atom. The fourth-order valence-electron chi connectivity index (χ4n) is 2.42. The standard InChI is InChI=1S/C17H20ClFN2/c1-2-21-16(7-5-13-4-3-9-20-12-13)11-14-10-15(19)6-8-17(14)18/h3-4,6,8-10,12,16,21H,2,5,7,11H2,1H3. The summed E-state index contributed by atoms with van der Waals surface area (Å²) >= 11 is 6.15. The van der Waals surface area contributed by atoms with E-state index in [0.29, 0.717) is 5.02 Å². The number of halogens is 2. The first-order chi connectivity index (χ1) is 10.2. The third-order valence-corrected chi connectivity index (χ3v) is 3.84. The Kier molecular flexibility index (Phi) is 6.15. The maximum Gasteiger partial charge on any atom is 0.123 e. The molecule has 0 aliphatic carbocycles. The van der Waals surface area contributed by atoms with Gasteiger partial charge in [0.05, 0.1) is 0 Å². The maximum atomic E-state index is 13.3. The molecule has 0 radical (unpaired) electrons. The Hall–Kier alpha value is -1.45. The van der Waals surface area contributed by atoms with E-state index in [1.165, 1.54) is 17.7 Å². The molecule has 0 amide bonds. The Labute approximate surface area is 130 Å². The van der Waals surface area contributed by atoms with Gasteiger partial charge in [-0.25, -0.2) is 4.39 Å². The van der Waals surface area contributed by atoms with Gasteiger partial charge in [0.15, 0.2) is 0 Å². The van der Waals surface area contributed by atoms with Gasteiger partial charge in [0, 0.05) is 23.5 Å². The third kappa shape index (κ3) is 5.10. The van der Waals surface area contributed by atoms with Gasteiger partial charge in [-0.15, -0.1) is 0 Å². The first-order valence-electron chi connectivity index (χ1n) is 7.25. The summed E-state index contributed by atoms with van der Waals surface area (Å²) in [6.45, 7) is 2.95. The monoisotopic (exact) mass is 306 g/mol. The minimum atomic E-state index is -0.239. The van der Waals surface area contributed by atoms with E-state index >= 15 is 0 Å². The molecule has 0 fully saturated rings. The molecule has 1 aromatic heterocycles. The molecular weight excluding hydrogens is 287 g/mol. The van der Waals surface area contributed by atoms with Gasteiger partial charge in [-0.2, -0.15) is 0 Å². The van der Waals surface area contributed by atoms with Crippen LogP contribution in [0.4, 0.5) is 4.39 Å². The van der Waals surface area contributed by atoms with E-state index in [0.717, 1.165) is 31.4 Å². The Balaban J connectivity index is 2.00. The highest BCUT2D eigenvalue weighted by molar-refractivity contribution is 6.31. The van der Waals surface area contributed by atoms with Crippen LogP contribution in [-0.4, -0.2) is 17.6 Å². The molecular formula is C17H20ClFN2. The van der Waals surface area contributed by atoms with Crippen LogP contribution in [0.15, 0.2) is 42.7 Å². The van der Waals surface area contributed by atoms with Crippen molar-refractivity contribution < 1.29 is 4.39 Å². The molecule has 4 heteroatoms. The average molecular weight is 307 g/mol. The van der Waals surface area contributed by atoms with Crippen LogP contribution in [0.2, 0.25) is 5.02 Å². The number of nitrogens with zero attached hydrogens (tertiary/aromatic N) is 1. The van der Waals surface area contributed by atoms with Gasteiger partial charge in [-0.3, -0.25) is 4.98 Å². The number of aromatic nitrogens is 1. The molecule has 1 unspecified atom stereocenters. The molecule has 0 bridgehead atoms. The molecule has 0 aliphatic rings. The minimum Gasteiger partial charge on any atom is -0.314 e. The second-order valence-electron chi connectivity index (χ2n) is 5.09. The van der Waals surface area contributed by atoms with Crippen molar-refractivity contribution in [3.05, 3.63) is 64.7 Å². The summed E-state index contributed by atoms with van der Waals surface area (Å²) in [6, 6.07) is 8.83. The zero-order valence-corrected chi connectivity index (χ0v) is 12.9. The SMILES string of the molecule is CCNC(CCc1cccnc1)Cc1cc(F)ccc1Cl. The van der Waals surface area contributed by atoms with Crippen LogP contribution in [0.5, 0.6) is 0 Å². The number of likely N-dealkylation sites (N-methyl/N-ethyl adjacent to an activating group) is 1. The van der Waals surface area contributed by atoms with Crippen molar-refractivity contribution in [3.63, 3.8) is 0 Å². The number of pyridine rings is 1. The van der Waals surface area contributed by atoms with Crippen molar-refractivity contribution in [1.82, 2.24) is 10.3 Å². The zero-order chi connectivity index (χ0) is 15.1. The highest BCUT2D eigenvalue weighted by atomic mass is 35.5. The summed E-state index contributed by atoms with van der Waals surface area (Å²) in [5.74, 6) is -0.239. The van der Waals surface area contributed by atoms with Gasteiger partial charge < -0.3 is 5.32 Å². The summed E-state index contributed by atoms with van der Waals surface area (Å²) in [6.07, 6.45) is 6.30. The lowest BCUT2D eigenvalue weighted by Gasteiger charge is -2.18. The molecule has 1 heterocycles. The Morgan fingerprint density at radius 3 is 2.90 bits per heavy atom. The van der Waals surface area contributed by atoms with Crippen LogP contribution < -0.4 is 5.32 Å². The van der Waals surface area contributed by atoms with Gasteiger partial charge in [0.25, 0.3) is 0 Å². The highest BCUT2D eigenvalue weighted by Crippen LogP contribution is 2.20. The van der Waals surface area contributed by atoms with Gasteiger partial charge in [0.2, 0.25) is 0 Å². The smallest absolute Gasteiger partial charge is 0.123 e. The van der Waals surface area contributed by atoms with Crippen LogP contribution >= 0.6 is 11.6 Å². The fourth-order valence-corrected chi connectivity index (χ4v) is 2.61. The second kappa shape index (κ2) is 8.11. The molecule has 0 aliphatic heterocycles. The molecule has 1 atom stereocenters. The highest BCUT2D eigenvalue weighted by Gasteiger charge is 2.12. The predicted octanol–water partition coefficient (Wildman–Crippen LogP) is 4.03. The molecule has 2 nitrogen and oxygen atoms in total. The van der Waals surface area contributed by atoms with Crippen LogP contribution in [0.3, 0.4) is 0 Å². The first-order valence-corrected chi connectivity index (χ1v) is 7.63. The van der Waals surface area contributed by atoms with E-state index in [9.17, 15) is 4.39 Å². The van der Waals surface area contributed by atoms with Crippen molar-refractivity contribution in [2.45, 2.75) is 32.2 Å². The van der Waals surface area contributed by atoms with Crippen LogP contribution in [-0.2, 0) is 12.8 Å². The lowest BCUT2D eigenvalue weighted by Crippen LogP contribution is -2.31. The van der Waals surface area contributed by atoms with E-state index in [1.54, 1.807) is 12.3 Å². The summed E-state index contributed by atoms with van der Waals surface area (Å²) in [5.41, 5.74) is 2.07. The van der Waals surface area contributed by atoms with Gasteiger partial charge >= 0.3 is 0 Å². The molecule has 0 saturated carbocycles. The molecule has 0 spiro atoms. The van der Waals surface area contributed by atoms with Gasteiger partial charge in [0.1, 0.15) is 5.82 Å². The summed E-state index contributed by atoms with van der Waals surface area (Å²) in [4.78, 5) is 4.13. The average Bonchev–Trinajstić information content (AvgIpc) is 2.50. The molecule has 112 valence electrons. The Morgan fingerprint density at radius 2 is 2.19 bits per heavy atom. The molecule has 0 saturated heterocycles. The van der Waals surface area contributed by atoms with Crippen molar-refractivity contribution >= 4 is 11.6 Å². The van der Waals surface area contributed by atoms with E-state index in [1.807, 2.05) is 12.3 Å². The van der Waals surface area contributed by atoms with Crippen molar-refractivity contribution in [2.75, 3.05) is 6.54 Å². The van der Waals surface area contributed by atoms with Crippen molar-refractivity contribution in [1.29, 1.82) is 0 Å². The molecule has 1 N–H and O–H groups in total. The molecule has 21 heavy (non-hydrogen) atoms. The lowest BCUT2D eigenvalue weighted by molar-refractivity contribution is 0.489. The van der Waals surface area contributed by atoms with E-state index < -0.39 is 0 Å². The number of hydrogen-bond acceptors (Lipinski definition) is 2. The molecule has 1 aromatic carbocycles. The molecule has 2 rings (SSSR count). The summed E-state index contributed by atoms with van der Waals surface area (Å²) in [7, 11) is 0. The van der Waals surface area contributed by atoms with E-state index in [-0.39, 0.29) is 11.9 Å². The number of rotatable bonds is 7. The van der Waals surface area contributed by atoms with Gasteiger partial charge in [-0.1, -0.05) is 24.6 Å². The van der Waals surface area contributed by atoms with Crippen LogP contribution in [0.1, 0.15) is 24.5 Å². The quantitative estimate of drug-likeness (QED) is 0.835. The Bertz CT molecular complexity index is 560. The maximum absolute atomic E-state index is 13.3. The first kappa shape index (κ1) is 15.9. The number of hydrogen-bond donors (Lipinski definition) is 1. The predicted molar refractivity (Wildman–Crippen MR) is 85.1 cm³/mol. The normalized spacial score (nSPS) is 12.3. The van der Waals surface area contributed by atoms with E-state index in [2.05, 4.69) is 23.3 Å². The minimum absolute atomic E-state index is 0.239. The van der Waals surface area contributed by atoms with Crippen molar-refractivity contribution in [2.24, 2.45) is 0 Å². The van der Waals surface area contributed by atoms with Crippen LogP contribution in [0.25, 0.3) is 0 Å². The number of nitrogens with one attached hydrogen (secondary N) is 1. The summed E-state index contributed by atoms with van der Waals surface area (Å²) in [5, 5.41) is 4.07.